The summed E-state index contributed by atoms with van der Waals surface area (Å²) in [4.78, 5) is 78.9. The van der Waals surface area contributed by atoms with Crippen LogP contribution in [-0.2, 0) is 19.2 Å². The lowest BCUT2D eigenvalue weighted by molar-refractivity contribution is -0.136. The average Bonchev–Trinajstić information content (AvgIpc) is 1.67. The highest BCUT2D eigenvalue weighted by molar-refractivity contribution is 6.33. The summed E-state index contributed by atoms with van der Waals surface area (Å²) >= 11 is 38.7. The first-order chi connectivity index (χ1) is 47.7. The monoisotopic (exact) mass is 1450 g/mol. The van der Waals surface area contributed by atoms with E-state index < -0.39 is 16.6 Å². The molecule has 8 aromatic rings. The molecule has 7 fully saturated rings. The summed E-state index contributed by atoms with van der Waals surface area (Å²) in [7, 11) is 0. The van der Waals surface area contributed by atoms with E-state index in [0.717, 1.165) is 97.2 Å². The molecular formula is C79H78Cl6N6O8. The van der Waals surface area contributed by atoms with Gasteiger partial charge >= 0.3 is 0 Å². The Labute approximate surface area is 606 Å². The maximum atomic E-state index is 13.3. The van der Waals surface area contributed by atoms with Crippen LogP contribution in [0.25, 0.3) is 0 Å². The van der Waals surface area contributed by atoms with Gasteiger partial charge in [-0.2, -0.15) is 0 Å². The third-order valence-electron chi connectivity index (χ3n) is 22.4. The van der Waals surface area contributed by atoms with E-state index in [9.17, 15) is 28.8 Å². The zero-order chi connectivity index (χ0) is 69.5. The van der Waals surface area contributed by atoms with E-state index in [4.69, 9.17) is 78.4 Å². The van der Waals surface area contributed by atoms with Gasteiger partial charge in [-0.3, -0.25) is 28.8 Å². The number of hydrogen-bond donors (Lipinski definition) is 6. The van der Waals surface area contributed by atoms with Gasteiger partial charge in [0, 0.05) is 73.4 Å². The second kappa shape index (κ2) is 29.2. The summed E-state index contributed by atoms with van der Waals surface area (Å²) in [5.74, 6) is -0.913. The Morgan fingerprint density at radius 3 is 1.16 bits per heavy atom. The minimum Gasteiger partial charge on any atom is -0.472 e. The first-order valence-electron chi connectivity index (χ1n) is 34.1. The van der Waals surface area contributed by atoms with Gasteiger partial charge in [0.1, 0.15) is 22.9 Å². The molecular weight excluding hydrogens is 1370 g/mol. The van der Waals surface area contributed by atoms with Crippen molar-refractivity contribution in [2.45, 2.75) is 137 Å². The zero-order valence-electron chi connectivity index (χ0n) is 55.1. The molecule has 15 rings (SSSR count). The van der Waals surface area contributed by atoms with Crippen LogP contribution in [0.3, 0.4) is 0 Å². The third-order valence-corrected chi connectivity index (χ3v) is 24.2. The SMILES string of the molecule is Cc1ccc([C@@H]2CC[C@@]3(NC(=O)C4CCCC4)C(=O)NC[C@H]3[C@H]2c2ccc(Cl)cc2)c(Cl)c1.Cc1ccc([C@@H]2CC[C@@]3(NC(=O)c4ccco4)C(=O)NC[C@H]3[C@H]2c2ccc(Cl)cc2)c(Cl)c1.Cc1ccc([C@@H]2CC[C@@]3(NC(=O)c4ccoc4)C(=O)NC[C@H]3[C@H]2c2ccc(Cl)cc2)c(Cl)c1. The fraction of sp³-hybridized carbons (Fsp3) is 0.367. The Bertz CT molecular complexity index is 4130. The maximum Gasteiger partial charge on any atom is 0.287 e. The average molecular weight is 1450 g/mol. The molecule has 4 saturated carbocycles. The van der Waals surface area contributed by atoms with Crippen molar-refractivity contribution in [2.24, 2.45) is 23.7 Å². The van der Waals surface area contributed by atoms with Crippen molar-refractivity contribution < 1.29 is 37.6 Å². The predicted octanol–water partition coefficient (Wildman–Crippen LogP) is 16.7. The topological polar surface area (TPSA) is 201 Å². The molecule has 6 amide bonds. The lowest BCUT2D eigenvalue weighted by atomic mass is 9.60. The molecule has 514 valence electrons. The fourth-order valence-corrected chi connectivity index (χ4v) is 19.1. The van der Waals surface area contributed by atoms with Crippen molar-refractivity contribution in [1.29, 1.82) is 0 Å². The second-order valence-corrected chi connectivity index (χ2v) is 30.5. The number of benzene rings is 6. The number of carbonyl (C=O) groups is 6. The number of hydrogen-bond acceptors (Lipinski definition) is 8. The van der Waals surface area contributed by atoms with E-state index in [1.165, 1.54) is 18.8 Å². The van der Waals surface area contributed by atoms with Crippen LogP contribution in [0.2, 0.25) is 30.1 Å². The number of nitrogens with one attached hydrogen (secondary N) is 6. The minimum atomic E-state index is -1.03. The van der Waals surface area contributed by atoms with Gasteiger partial charge in [-0.1, -0.05) is 155 Å². The van der Waals surface area contributed by atoms with Gasteiger partial charge in [-0.25, -0.2) is 0 Å². The molecule has 99 heavy (non-hydrogen) atoms. The Hall–Kier alpha value is -7.56. The van der Waals surface area contributed by atoms with Crippen molar-refractivity contribution in [3.63, 3.8) is 0 Å². The lowest BCUT2D eigenvalue weighted by Crippen LogP contribution is -2.61. The van der Waals surface area contributed by atoms with Crippen LogP contribution in [0, 0.1) is 44.4 Å². The highest BCUT2D eigenvalue weighted by Crippen LogP contribution is 2.58. The molecule has 0 bridgehead atoms. The smallest absolute Gasteiger partial charge is 0.287 e. The van der Waals surface area contributed by atoms with Crippen LogP contribution < -0.4 is 31.9 Å². The van der Waals surface area contributed by atoms with Gasteiger partial charge in [0.15, 0.2) is 5.76 Å². The van der Waals surface area contributed by atoms with Crippen molar-refractivity contribution >= 4 is 105 Å². The molecule has 12 atom stereocenters. The number of rotatable bonds is 12. The van der Waals surface area contributed by atoms with Gasteiger partial charge in [0.05, 0.1) is 18.1 Å². The van der Waals surface area contributed by atoms with E-state index in [1.54, 1.807) is 18.2 Å². The van der Waals surface area contributed by atoms with Crippen LogP contribution in [0.5, 0.6) is 0 Å². The van der Waals surface area contributed by atoms with Gasteiger partial charge < -0.3 is 40.7 Å². The maximum absolute atomic E-state index is 13.3. The number of fused-ring (bicyclic) bond motifs is 3. The zero-order valence-corrected chi connectivity index (χ0v) is 59.6. The summed E-state index contributed by atoms with van der Waals surface area (Å²) in [6.45, 7) is 7.54. The van der Waals surface area contributed by atoms with Crippen molar-refractivity contribution in [1.82, 2.24) is 31.9 Å². The number of aryl methyl sites for hydroxylation is 3. The molecule has 0 radical (unpaired) electrons. The number of furan rings is 2. The van der Waals surface area contributed by atoms with Crippen LogP contribution in [0.4, 0.5) is 0 Å². The van der Waals surface area contributed by atoms with Gasteiger partial charge in [0.2, 0.25) is 23.6 Å². The van der Waals surface area contributed by atoms with Crippen LogP contribution in [0.1, 0.15) is 171 Å². The Morgan fingerprint density at radius 1 is 0.444 bits per heavy atom. The van der Waals surface area contributed by atoms with Crippen molar-refractivity contribution in [3.8, 4) is 0 Å². The highest BCUT2D eigenvalue weighted by Gasteiger charge is 2.62. The number of amides is 6. The number of carbonyl (C=O) groups excluding carboxylic acids is 6. The van der Waals surface area contributed by atoms with Gasteiger partial charge in [-0.15, -0.1) is 0 Å². The van der Waals surface area contributed by atoms with Crippen LogP contribution in [-0.4, -0.2) is 71.7 Å². The molecule has 5 heterocycles. The van der Waals surface area contributed by atoms with Crippen molar-refractivity contribution in [3.05, 3.63) is 256 Å². The predicted molar refractivity (Wildman–Crippen MR) is 387 cm³/mol. The Morgan fingerprint density at radius 2 is 0.818 bits per heavy atom. The fourth-order valence-electron chi connectivity index (χ4n) is 17.6. The first kappa shape index (κ1) is 69.9. The normalized spacial score (nSPS) is 27.5. The van der Waals surface area contributed by atoms with Gasteiger partial charge in [-0.05, 0) is 231 Å². The molecule has 3 saturated heterocycles. The molecule has 0 spiro atoms. The van der Waals surface area contributed by atoms with E-state index in [-0.39, 0.29) is 100 Å². The summed E-state index contributed by atoms with van der Waals surface area (Å²) in [5, 5.41) is 22.7. The Kier molecular flexibility index (Phi) is 20.6. The standard InChI is InChI=1S/C27H30Cl2N2O2.2C26H24Cl2N2O3/c1-16-6-11-20(23(29)14-16)21-12-13-27(31-25(32)18-4-2-3-5-18)22(15-30-26(27)33)24(21)17-7-9-19(28)10-8-17;1-15-2-7-19(22(28)12-15)20-8-10-26(30-24(31)17-9-11-33-14-17)21(13-29-25(26)32)23(20)16-3-5-18(27)6-4-16;1-15-4-9-18(21(28)13-15)19-10-11-26(30-24(31)22-3-2-12-33-22)20(14-29-25(26)32)23(19)16-5-7-17(27)8-6-16/h6-11,14,18,21-22,24H,2-5,12-13,15H2,1H3,(H,30,33)(H,31,32);2-7,9,11-12,14,20-21,23H,8,10,13H2,1H3,(H,29,32)(H,30,31);2-9,12-13,19-20,23H,10-11,14H2,1H3,(H,29,32)(H,30,31)/t21-,22-,24-,27-;20-,21-,23-,26-;19-,20-,23-,26-/m000/s1. The molecule has 3 aliphatic heterocycles. The number of halogens is 6. The Balaban J connectivity index is 0.000000133. The summed E-state index contributed by atoms with van der Waals surface area (Å²) in [6.07, 6.45) is 12.1. The lowest BCUT2D eigenvalue weighted by Gasteiger charge is -2.47. The summed E-state index contributed by atoms with van der Waals surface area (Å²) < 4.78 is 10.4. The quantitative estimate of drug-likeness (QED) is 0.0694. The summed E-state index contributed by atoms with van der Waals surface area (Å²) in [5.41, 5.74) is 7.31. The largest absolute Gasteiger partial charge is 0.472 e. The highest BCUT2D eigenvalue weighted by atomic mass is 35.5. The molecule has 2 aromatic heterocycles. The van der Waals surface area contributed by atoms with E-state index in [2.05, 4.69) is 80.4 Å². The minimum absolute atomic E-state index is 0.0201. The van der Waals surface area contributed by atoms with E-state index in [1.807, 2.05) is 99.6 Å². The molecule has 6 aromatic carbocycles. The molecule has 14 nitrogen and oxygen atoms in total. The molecule has 4 aliphatic carbocycles. The van der Waals surface area contributed by atoms with Crippen LogP contribution >= 0.6 is 69.6 Å². The van der Waals surface area contributed by atoms with E-state index >= 15 is 0 Å². The molecule has 7 aliphatic rings. The van der Waals surface area contributed by atoms with E-state index in [0.29, 0.717) is 72.4 Å². The molecule has 0 unspecified atom stereocenters. The third kappa shape index (κ3) is 13.8. The summed E-state index contributed by atoms with van der Waals surface area (Å²) in [6, 6.07) is 46.8. The second-order valence-electron chi connectivity index (χ2n) is 28.0. The molecule has 20 heteroatoms. The van der Waals surface area contributed by atoms with Gasteiger partial charge in [0.25, 0.3) is 11.8 Å². The van der Waals surface area contributed by atoms with Crippen molar-refractivity contribution in [2.75, 3.05) is 19.6 Å². The first-order valence-corrected chi connectivity index (χ1v) is 36.4. The molecule has 6 N–H and O–H groups in total. The van der Waals surface area contributed by atoms with Crippen LogP contribution in [0.15, 0.2) is 173 Å².